The lowest BCUT2D eigenvalue weighted by molar-refractivity contribution is -0.123. The first-order chi connectivity index (χ1) is 9.11. The molecule has 0 aromatic carbocycles. The summed E-state index contributed by atoms with van der Waals surface area (Å²) in [4.78, 5) is 20.3. The summed E-state index contributed by atoms with van der Waals surface area (Å²) in [5, 5.41) is 2.66. The van der Waals surface area contributed by atoms with E-state index in [-0.39, 0.29) is 11.8 Å². The van der Waals surface area contributed by atoms with Crippen LogP contribution in [0, 0.1) is 5.92 Å². The molecule has 0 aliphatic heterocycles. The molecule has 4 nitrogen and oxygen atoms in total. The molecule has 100 valence electrons. The van der Waals surface area contributed by atoms with Crippen LogP contribution in [-0.4, -0.2) is 22.9 Å². The van der Waals surface area contributed by atoms with Crippen molar-refractivity contribution in [1.29, 1.82) is 0 Å². The first-order valence-electron chi connectivity index (χ1n) is 6.54. The van der Waals surface area contributed by atoms with Crippen LogP contribution in [0.15, 0.2) is 30.6 Å². The Labute approximate surface area is 113 Å². The number of allylic oxidation sites excluding steroid dienone is 3. The van der Waals surface area contributed by atoms with Crippen molar-refractivity contribution < 1.29 is 4.79 Å². The molecular weight excluding hydrogens is 238 g/mol. The molecule has 0 radical (unpaired) electrons. The summed E-state index contributed by atoms with van der Waals surface area (Å²) in [7, 11) is 1.66. The first-order valence-corrected chi connectivity index (χ1v) is 6.54. The van der Waals surface area contributed by atoms with Gasteiger partial charge < -0.3 is 5.32 Å². The second-order valence-corrected chi connectivity index (χ2v) is 4.97. The van der Waals surface area contributed by atoms with E-state index in [9.17, 15) is 4.79 Å². The summed E-state index contributed by atoms with van der Waals surface area (Å²) in [6.45, 7) is 4.23. The van der Waals surface area contributed by atoms with E-state index in [2.05, 4.69) is 29.1 Å². The van der Waals surface area contributed by atoms with Gasteiger partial charge in [-0.05, 0) is 17.9 Å². The van der Waals surface area contributed by atoms with Crippen molar-refractivity contribution in [3.63, 3.8) is 0 Å². The van der Waals surface area contributed by atoms with Crippen molar-refractivity contribution in [1.82, 2.24) is 15.3 Å². The Kier molecular flexibility index (Phi) is 4.10. The van der Waals surface area contributed by atoms with E-state index < -0.39 is 0 Å². The standard InChI is InChI=1S/C15H19N3O/c1-10(2)13-8-17-14(18-9-13)11-4-6-12(7-5-11)15(19)16-3/h4-6,8-10,12H,7H2,1-3H3,(H,16,19). The molecule has 1 N–H and O–H groups in total. The molecule has 0 bridgehead atoms. The fourth-order valence-corrected chi connectivity index (χ4v) is 1.95. The zero-order valence-electron chi connectivity index (χ0n) is 11.6. The average Bonchev–Trinajstić information content (AvgIpc) is 2.46. The number of nitrogens with one attached hydrogen (secondary N) is 1. The van der Waals surface area contributed by atoms with E-state index >= 15 is 0 Å². The van der Waals surface area contributed by atoms with Gasteiger partial charge in [-0.25, -0.2) is 9.97 Å². The van der Waals surface area contributed by atoms with Gasteiger partial charge in [-0.3, -0.25) is 4.79 Å². The maximum absolute atomic E-state index is 11.5. The Balaban J connectivity index is 2.10. The fourth-order valence-electron chi connectivity index (χ4n) is 1.95. The lowest BCUT2D eigenvalue weighted by atomic mass is 9.95. The first kappa shape index (κ1) is 13.5. The summed E-state index contributed by atoms with van der Waals surface area (Å²) in [6.07, 6.45) is 10.3. The van der Waals surface area contributed by atoms with E-state index in [1.54, 1.807) is 7.05 Å². The molecule has 1 aliphatic rings. The van der Waals surface area contributed by atoms with Gasteiger partial charge in [0.15, 0.2) is 5.82 Å². The molecule has 0 saturated heterocycles. The van der Waals surface area contributed by atoms with E-state index in [1.165, 1.54) is 0 Å². The van der Waals surface area contributed by atoms with E-state index in [0.717, 1.165) is 17.0 Å². The molecule has 1 aromatic heterocycles. The van der Waals surface area contributed by atoms with E-state index in [0.29, 0.717) is 12.3 Å². The smallest absolute Gasteiger partial charge is 0.226 e. The van der Waals surface area contributed by atoms with Crippen LogP contribution in [0.5, 0.6) is 0 Å². The van der Waals surface area contributed by atoms with Crippen LogP contribution in [0.4, 0.5) is 0 Å². The minimum absolute atomic E-state index is 0.0441. The molecule has 1 amide bonds. The van der Waals surface area contributed by atoms with Crippen LogP contribution in [0.1, 0.15) is 37.6 Å². The summed E-state index contributed by atoms with van der Waals surface area (Å²) < 4.78 is 0. The number of nitrogens with zero attached hydrogens (tertiary/aromatic N) is 2. The number of carbonyl (C=O) groups excluding carboxylic acids is 1. The van der Waals surface area contributed by atoms with Gasteiger partial charge in [0, 0.05) is 25.0 Å². The highest BCUT2D eigenvalue weighted by molar-refractivity contribution is 5.83. The van der Waals surface area contributed by atoms with Crippen LogP contribution in [-0.2, 0) is 4.79 Å². The minimum Gasteiger partial charge on any atom is -0.359 e. The lowest BCUT2D eigenvalue weighted by Gasteiger charge is -2.14. The number of aromatic nitrogens is 2. The highest BCUT2D eigenvalue weighted by Gasteiger charge is 2.17. The monoisotopic (exact) mass is 257 g/mol. The maximum atomic E-state index is 11.5. The second-order valence-electron chi connectivity index (χ2n) is 4.97. The van der Waals surface area contributed by atoms with Gasteiger partial charge in [-0.15, -0.1) is 0 Å². The normalized spacial score (nSPS) is 18.3. The molecule has 0 saturated carbocycles. The van der Waals surface area contributed by atoms with Crippen molar-refractivity contribution in [2.24, 2.45) is 5.92 Å². The Morgan fingerprint density at radius 3 is 2.53 bits per heavy atom. The zero-order valence-corrected chi connectivity index (χ0v) is 11.6. The van der Waals surface area contributed by atoms with Crippen molar-refractivity contribution in [3.05, 3.63) is 42.0 Å². The summed E-state index contributed by atoms with van der Waals surface area (Å²) in [5.41, 5.74) is 2.11. The molecule has 1 aliphatic carbocycles. The van der Waals surface area contributed by atoms with Crippen molar-refractivity contribution >= 4 is 11.5 Å². The van der Waals surface area contributed by atoms with Gasteiger partial charge >= 0.3 is 0 Å². The summed E-state index contributed by atoms with van der Waals surface area (Å²) in [6, 6.07) is 0. The Bertz CT molecular complexity index is 515. The predicted molar refractivity (Wildman–Crippen MR) is 75.4 cm³/mol. The quantitative estimate of drug-likeness (QED) is 0.904. The second kappa shape index (κ2) is 5.78. The molecule has 1 aromatic rings. The lowest BCUT2D eigenvalue weighted by Crippen LogP contribution is -2.26. The third-order valence-electron chi connectivity index (χ3n) is 3.28. The average molecular weight is 257 g/mol. The Morgan fingerprint density at radius 2 is 2.05 bits per heavy atom. The van der Waals surface area contributed by atoms with Crippen molar-refractivity contribution in [2.45, 2.75) is 26.2 Å². The Hall–Kier alpha value is -1.97. The largest absolute Gasteiger partial charge is 0.359 e. The number of carbonyl (C=O) groups is 1. The molecule has 4 heteroatoms. The van der Waals surface area contributed by atoms with Gasteiger partial charge in [0.1, 0.15) is 0 Å². The van der Waals surface area contributed by atoms with Gasteiger partial charge in [0.2, 0.25) is 5.91 Å². The fraction of sp³-hybridized carbons (Fsp3) is 0.400. The minimum atomic E-state index is -0.0799. The molecule has 0 spiro atoms. The molecule has 2 rings (SSSR count). The zero-order chi connectivity index (χ0) is 13.8. The molecule has 1 heterocycles. The van der Waals surface area contributed by atoms with Gasteiger partial charge in [0.25, 0.3) is 0 Å². The van der Waals surface area contributed by atoms with E-state index in [1.807, 2.05) is 30.6 Å². The maximum Gasteiger partial charge on any atom is 0.226 e. The highest BCUT2D eigenvalue weighted by atomic mass is 16.1. The van der Waals surface area contributed by atoms with Gasteiger partial charge in [-0.1, -0.05) is 32.1 Å². The third-order valence-corrected chi connectivity index (χ3v) is 3.28. The van der Waals surface area contributed by atoms with Crippen molar-refractivity contribution in [2.75, 3.05) is 7.05 Å². The Morgan fingerprint density at radius 1 is 1.37 bits per heavy atom. The third kappa shape index (κ3) is 3.08. The predicted octanol–water partition coefficient (Wildman–Crippen LogP) is 2.31. The SMILES string of the molecule is CNC(=O)C1C=CC(c2ncc(C(C)C)cn2)=CC1. The highest BCUT2D eigenvalue weighted by Crippen LogP contribution is 2.22. The number of hydrogen-bond acceptors (Lipinski definition) is 3. The number of hydrogen-bond donors (Lipinski definition) is 1. The van der Waals surface area contributed by atoms with Crippen LogP contribution < -0.4 is 5.32 Å². The topological polar surface area (TPSA) is 54.9 Å². The number of amides is 1. The van der Waals surface area contributed by atoms with Gasteiger partial charge in [0.05, 0.1) is 5.92 Å². The van der Waals surface area contributed by atoms with Crippen LogP contribution in [0.3, 0.4) is 0 Å². The van der Waals surface area contributed by atoms with Crippen LogP contribution in [0.25, 0.3) is 5.57 Å². The van der Waals surface area contributed by atoms with Crippen molar-refractivity contribution in [3.8, 4) is 0 Å². The summed E-state index contributed by atoms with van der Waals surface area (Å²) >= 11 is 0. The summed E-state index contributed by atoms with van der Waals surface area (Å²) in [5.74, 6) is 1.12. The van der Waals surface area contributed by atoms with E-state index in [4.69, 9.17) is 0 Å². The molecule has 1 atom stereocenters. The molecule has 0 fully saturated rings. The molecule has 1 unspecified atom stereocenters. The molecule has 19 heavy (non-hydrogen) atoms. The van der Waals surface area contributed by atoms with Crippen LogP contribution >= 0.6 is 0 Å². The van der Waals surface area contributed by atoms with Crippen LogP contribution in [0.2, 0.25) is 0 Å². The van der Waals surface area contributed by atoms with Gasteiger partial charge in [-0.2, -0.15) is 0 Å². The number of rotatable bonds is 3. The molecular formula is C15H19N3O.